The highest BCUT2D eigenvalue weighted by atomic mass is 35.5. The number of carbonyl (C=O) groups is 1. The average Bonchev–Trinajstić information content (AvgIpc) is 2.91. The van der Waals surface area contributed by atoms with Gasteiger partial charge in [-0.1, -0.05) is 60.0 Å². The maximum atomic E-state index is 12.2. The summed E-state index contributed by atoms with van der Waals surface area (Å²) in [7, 11) is 0. The van der Waals surface area contributed by atoms with Crippen LogP contribution in [0.4, 0.5) is 0 Å². The maximum absolute atomic E-state index is 12.2. The Balaban J connectivity index is 1.83. The van der Waals surface area contributed by atoms with Crippen LogP contribution in [0.25, 0.3) is 10.9 Å². The molecule has 1 heterocycles. The van der Waals surface area contributed by atoms with Gasteiger partial charge in [-0.2, -0.15) is 0 Å². The van der Waals surface area contributed by atoms with Gasteiger partial charge < -0.3 is 15.0 Å². The third-order valence-corrected chi connectivity index (χ3v) is 5.78. The van der Waals surface area contributed by atoms with Crippen LogP contribution in [0.5, 0.6) is 0 Å². The van der Waals surface area contributed by atoms with Crippen LogP contribution in [0.1, 0.15) is 46.4 Å². The Morgan fingerprint density at radius 3 is 2.59 bits per heavy atom. The summed E-state index contributed by atoms with van der Waals surface area (Å²) in [6.07, 6.45) is 3.56. The van der Waals surface area contributed by atoms with E-state index in [1.54, 1.807) is 0 Å². The number of carboxylic acids is 1. The molecule has 0 amide bonds. The molecule has 0 unspecified atom stereocenters. The van der Waals surface area contributed by atoms with Crippen LogP contribution in [0.15, 0.2) is 42.5 Å². The number of halogens is 1. The summed E-state index contributed by atoms with van der Waals surface area (Å²) in [4.78, 5) is 12.2. The van der Waals surface area contributed by atoms with E-state index in [1.807, 2.05) is 54.0 Å². The standard InChI is InChI=1S/C22H23ClN2O2/c1-14-8-10-15(11-9-14)13-25-20-17(6-3-7-19(20)23)18(21(25)22(26)27)12-24-16-4-2-5-16/h3,6-11,16,24H,2,4-5,12-13H2,1H3,(H,26,27). The lowest BCUT2D eigenvalue weighted by Gasteiger charge is -2.26. The van der Waals surface area contributed by atoms with Gasteiger partial charge in [0.1, 0.15) is 5.69 Å². The number of para-hydroxylation sites is 1. The summed E-state index contributed by atoms with van der Waals surface area (Å²) < 4.78 is 1.85. The van der Waals surface area contributed by atoms with Crippen LogP contribution in [-0.2, 0) is 13.1 Å². The van der Waals surface area contributed by atoms with Gasteiger partial charge in [0.15, 0.2) is 0 Å². The van der Waals surface area contributed by atoms with Gasteiger partial charge in [-0.05, 0) is 31.4 Å². The highest BCUT2D eigenvalue weighted by Crippen LogP contribution is 2.33. The van der Waals surface area contributed by atoms with Crippen molar-refractivity contribution in [1.82, 2.24) is 9.88 Å². The number of benzene rings is 2. The minimum atomic E-state index is -0.917. The lowest BCUT2D eigenvalue weighted by atomic mass is 9.93. The Morgan fingerprint density at radius 1 is 1.22 bits per heavy atom. The van der Waals surface area contributed by atoms with Crippen molar-refractivity contribution < 1.29 is 9.90 Å². The molecule has 5 heteroatoms. The van der Waals surface area contributed by atoms with E-state index in [1.165, 1.54) is 12.0 Å². The van der Waals surface area contributed by atoms with E-state index in [0.717, 1.165) is 34.9 Å². The molecular formula is C22H23ClN2O2. The first-order valence-electron chi connectivity index (χ1n) is 9.36. The van der Waals surface area contributed by atoms with Crippen LogP contribution in [0.2, 0.25) is 5.02 Å². The predicted octanol–water partition coefficient (Wildman–Crippen LogP) is 4.99. The van der Waals surface area contributed by atoms with Gasteiger partial charge in [-0.3, -0.25) is 0 Å². The molecular weight excluding hydrogens is 360 g/mol. The van der Waals surface area contributed by atoms with E-state index in [4.69, 9.17) is 11.6 Å². The van der Waals surface area contributed by atoms with Crippen LogP contribution < -0.4 is 5.32 Å². The molecule has 0 saturated heterocycles. The number of aryl methyl sites for hydroxylation is 1. The van der Waals surface area contributed by atoms with Crippen molar-refractivity contribution in [3.63, 3.8) is 0 Å². The second-order valence-corrected chi connectivity index (χ2v) is 7.76. The van der Waals surface area contributed by atoms with Crippen molar-refractivity contribution in [3.05, 3.63) is 69.9 Å². The Morgan fingerprint density at radius 2 is 1.96 bits per heavy atom. The summed E-state index contributed by atoms with van der Waals surface area (Å²) in [6.45, 7) is 3.06. The Labute approximate surface area is 163 Å². The SMILES string of the molecule is Cc1ccc(Cn2c(C(=O)O)c(CNC3CCC3)c3cccc(Cl)c32)cc1. The molecule has 2 N–H and O–H groups in total. The number of nitrogens with zero attached hydrogens (tertiary/aromatic N) is 1. The summed E-state index contributed by atoms with van der Waals surface area (Å²) in [5.41, 5.74) is 4.17. The molecule has 1 aliphatic rings. The van der Waals surface area contributed by atoms with Gasteiger partial charge in [-0.25, -0.2) is 4.79 Å². The molecule has 1 fully saturated rings. The summed E-state index contributed by atoms with van der Waals surface area (Å²) in [5.74, 6) is -0.917. The zero-order chi connectivity index (χ0) is 19.0. The van der Waals surface area contributed by atoms with Crippen molar-refractivity contribution in [2.24, 2.45) is 0 Å². The second kappa shape index (κ2) is 7.37. The molecule has 1 aromatic heterocycles. The molecule has 0 bridgehead atoms. The molecule has 4 rings (SSSR count). The fourth-order valence-corrected chi connectivity index (χ4v) is 4.03. The fourth-order valence-electron chi connectivity index (χ4n) is 3.75. The van der Waals surface area contributed by atoms with Gasteiger partial charge in [0.05, 0.1) is 10.5 Å². The molecule has 3 aromatic rings. The van der Waals surface area contributed by atoms with E-state index in [2.05, 4.69) is 5.32 Å². The smallest absolute Gasteiger partial charge is 0.352 e. The van der Waals surface area contributed by atoms with E-state index in [9.17, 15) is 9.90 Å². The molecule has 4 nitrogen and oxygen atoms in total. The van der Waals surface area contributed by atoms with Crippen LogP contribution in [-0.4, -0.2) is 21.7 Å². The van der Waals surface area contributed by atoms with Crippen molar-refractivity contribution in [2.75, 3.05) is 0 Å². The third-order valence-electron chi connectivity index (χ3n) is 5.47. The highest BCUT2D eigenvalue weighted by molar-refractivity contribution is 6.35. The van der Waals surface area contributed by atoms with E-state index >= 15 is 0 Å². The molecule has 0 aliphatic heterocycles. The second-order valence-electron chi connectivity index (χ2n) is 7.35. The number of hydrogen-bond donors (Lipinski definition) is 2. The normalized spacial score (nSPS) is 14.4. The molecule has 140 valence electrons. The number of aromatic nitrogens is 1. The van der Waals surface area contributed by atoms with E-state index in [0.29, 0.717) is 29.8 Å². The van der Waals surface area contributed by atoms with Crippen molar-refractivity contribution in [3.8, 4) is 0 Å². The summed E-state index contributed by atoms with van der Waals surface area (Å²) in [6, 6.07) is 14.3. The minimum Gasteiger partial charge on any atom is -0.477 e. The predicted molar refractivity (Wildman–Crippen MR) is 109 cm³/mol. The van der Waals surface area contributed by atoms with Crippen LogP contribution in [0, 0.1) is 6.92 Å². The van der Waals surface area contributed by atoms with E-state index in [-0.39, 0.29) is 0 Å². The Hall–Kier alpha value is -2.30. The van der Waals surface area contributed by atoms with Crippen molar-refractivity contribution >= 4 is 28.5 Å². The van der Waals surface area contributed by atoms with Gasteiger partial charge in [0.25, 0.3) is 0 Å². The number of nitrogens with one attached hydrogen (secondary N) is 1. The molecule has 0 radical (unpaired) electrons. The third kappa shape index (κ3) is 3.47. The van der Waals surface area contributed by atoms with Gasteiger partial charge in [-0.15, -0.1) is 0 Å². The largest absolute Gasteiger partial charge is 0.477 e. The Bertz CT molecular complexity index is 988. The number of aromatic carboxylic acids is 1. The number of carboxylic acid groups (broad SMARTS) is 1. The quantitative estimate of drug-likeness (QED) is 0.631. The van der Waals surface area contributed by atoms with Gasteiger partial charge in [0, 0.05) is 30.1 Å². The minimum absolute atomic E-state index is 0.325. The monoisotopic (exact) mass is 382 g/mol. The fraction of sp³-hybridized carbons (Fsp3) is 0.318. The Kier molecular flexibility index (Phi) is 4.94. The molecule has 0 spiro atoms. The lowest BCUT2D eigenvalue weighted by Crippen LogP contribution is -2.34. The zero-order valence-corrected chi connectivity index (χ0v) is 16.1. The summed E-state index contributed by atoms with van der Waals surface area (Å²) in [5, 5.41) is 15.0. The number of fused-ring (bicyclic) bond motifs is 1. The van der Waals surface area contributed by atoms with Gasteiger partial charge in [0.2, 0.25) is 0 Å². The number of rotatable bonds is 6. The molecule has 0 atom stereocenters. The zero-order valence-electron chi connectivity index (χ0n) is 15.3. The van der Waals surface area contributed by atoms with Crippen molar-refractivity contribution in [1.29, 1.82) is 0 Å². The topological polar surface area (TPSA) is 54.3 Å². The van der Waals surface area contributed by atoms with Crippen molar-refractivity contribution in [2.45, 2.75) is 45.3 Å². The van der Waals surface area contributed by atoms with E-state index < -0.39 is 5.97 Å². The first-order chi connectivity index (χ1) is 13.0. The number of hydrogen-bond acceptors (Lipinski definition) is 2. The summed E-state index contributed by atoms with van der Waals surface area (Å²) >= 11 is 6.51. The first kappa shape index (κ1) is 18.1. The van der Waals surface area contributed by atoms with Gasteiger partial charge >= 0.3 is 5.97 Å². The first-order valence-corrected chi connectivity index (χ1v) is 9.74. The molecule has 2 aromatic carbocycles. The lowest BCUT2D eigenvalue weighted by molar-refractivity contribution is 0.0684. The van der Waals surface area contributed by atoms with Crippen LogP contribution in [0.3, 0.4) is 0 Å². The van der Waals surface area contributed by atoms with Crippen LogP contribution >= 0.6 is 11.6 Å². The average molecular weight is 383 g/mol. The molecule has 1 aliphatic carbocycles. The molecule has 1 saturated carbocycles. The molecule has 27 heavy (non-hydrogen) atoms. The maximum Gasteiger partial charge on any atom is 0.352 e. The highest BCUT2D eigenvalue weighted by Gasteiger charge is 2.25.